The second kappa shape index (κ2) is 8.37. The molecule has 0 saturated carbocycles. The molecule has 5 rings (SSSR count). The van der Waals surface area contributed by atoms with Crippen molar-refractivity contribution in [3.05, 3.63) is 77.2 Å². The van der Waals surface area contributed by atoms with Gasteiger partial charge in [0.1, 0.15) is 5.82 Å². The third kappa shape index (κ3) is 3.98. The molecule has 2 atom stereocenters. The van der Waals surface area contributed by atoms with E-state index < -0.39 is 0 Å². The zero-order valence-corrected chi connectivity index (χ0v) is 18.9. The summed E-state index contributed by atoms with van der Waals surface area (Å²) in [5.41, 5.74) is 4.20. The van der Waals surface area contributed by atoms with Crippen LogP contribution in [0.2, 0.25) is 0 Å². The van der Waals surface area contributed by atoms with E-state index in [0.717, 1.165) is 30.0 Å². The SMILES string of the molecule is CC1CN(c2ccc(Nc3ccc(-c4cc[nH]c(=O)c4)n4ccnc34)cc2F)[C@H](C)CN1C. The number of rotatable bonds is 4. The van der Waals surface area contributed by atoms with Gasteiger partial charge in [0.15, 0.2) is 5.65 Å². The smallest absolute Gasteiger partial charge is 0.248 e. The van der Waals surface area contributed by atoms with Crippen LogP contribution >= 0.6 is 0 Å². The van der Waals surface area contributed by atoms with E-state index in [1.807, 2.05) is 40.9 Å². The molecule has 0 amide bonds. The molecule has 7 nitrogen and oxygen atoms in total. The average molecular weight is 447 g/mol. The maximum atomic E-state index is 15.2. The minimum Gasteiger partial charge on any atom is -0.364 e. The Bertz CT molecular complexity index is 1360. The van der Waals surface area contributed by atoms with Gasteiger partial charge in [-0.3, -0.25) is 14.1 Å². The van der Waals surface area contributed by atoms with E-state index in [1.54, 1.807) is 18.5 Å². The van der Waals surface area contributed by atoms with Crippen molar-refractivity contribution >= 4 is 22.7 Å². The topological polar surface area (TPSA) is 68.7 Å². The van der Waals surface area contributed by atoms with E-state index in [9.17, 15) is 4.79 Å². The average Bonchev–Trinajstić information content (AvgIpc) is 3.27. The molecule has 1 aliphatic rings. The number of hydrogen-bond donors (Lipinski definition) is 2. The van der Waals surface area contributed by atoms with Crippen molar-refractivity contribution in [3.63, 3.8) is 0 Å². The van der Waals surface area contributed by atoms with E-state index in [0.29, 0.717) is 23.1 Å². The van der Waals surface area contributed by atoms with Crippen LogP contribution in [0.4, 0.5) is 21.5 Å². The van der Waals surface area contributed by atoms with Crippen LogP contribution in [0.15, 0.2) is 65.8 Å². The first-order chi connectivity index (χ1) is 15.9. The number of nitrogens with one attached hydrogen (secondary N) is 2. The molecule has 0 bridgehead atoms. The molecule has 0 spiro atoms. The van der Waals surface area contributed by atoms with Crippen LogP contribution in [0.1, 0.15) is 13.8 Å². The largest absolute Gasteiger partial charge is 0.364 e. The highest BCUT2D eigenvalue weighted by atomic mass is 19.1. The zero-order valence-electron chi connectivity index (χ0n) is 18.9. The van der Waals surface area contributed by atoms with Crippen molar-refractivity contribution in [2.45, 2.75) is 25.9 Å². The summed E-state index contributed by atoms with van der Waals surface area (Å²) < 4.78 is 17.1. The molecule has 0 radical (unpaired) electrons. The van der Waals surface area contributed by atoms with E-state index in [4.69, 9.17) is 0 Å². The van der Waals surface area contributed by atoms with Gasteiger partial charge in [-0.05, 0) is 57.3 Å². The van der Waals surface area contributed by atoms with Crippen molar-refractivity contribution in [2.75, 3.05) is 30.4 Å². The summed E-state index contributed by atoms with van der Waals surface area (Å²) in [4.78, 5) is 23.3. The van der Waals surface area contributed by atoms with E-state index in [2.05, 4.69) is 46.0 Å². The monoisotopic (exact) mass is 446 g/mol. The second-order valence-corrected chi connectivity index (χ2v) is 8.78. The number of pyridine rings is 2. The molecule has 0 aliphatic carbocycles. The third-order valence-corrected chi connectivity index (χ3v) is 6.45. The summed E-state index contributed by atoms with van der Waals surface area (Å²) in [6, 6.07) is 13.1. The predicted octanol–water partition coefficient (Wildman–Crippen LogP) is 4.10. The van der Waals surface area contributed by atoms with Crippen LogP contribution in [-0.2, 0) is 0 Å². The first-order valence-corrected chi connectivity index (χ1v) is 11.1. The fourth-order valence-corrected chi connectivity index (χ4v) is 4.56. The van der Waals surface area contributed by atoms with E-state index in [-0.39, 0.29) is 17.4 Å². The van der Waals surface area contributed by atoms with E-state index >= 15 is 4.39 Å². The van der Waals surface area contributed by atoms with Crippen molar-refractivity contribution in [1.29, 1.82) is 0 Å². The molecule has 1 aliphatic heterocycles. The molecule has 1 aromatic carbocycles. The minimum absolute atomic E-state index is 0.164. The van der Waals surface area contributed by atoms with Gasteiger partial charge < -0.3 is 15.2 Å². The molecule has 33 heavy (non-hydrogen) atoms. The standard InChI is InChI=1S/C25H27FN6O/c1-16-15-32(17(2)14-30(16)3)23-6-4-19(13-20(23)26)29-21-5-7-22(31-11-10-28-25(21)31)18-8-9-27-24(33)12-18/h4-13,16-17,29H,14-15H2,1-3H3,(H,27,33)/t16?,17-/m1/s1. The number of anilines is 3. The van der Waals surface area contributed by atoms with Crippen molar-refractivity contribution in [1.82, 2.24) is 19.3 Å². The number of H-pyrrole nitrogens is 1. The zero-order chi connectivity index (χ0) is 23.1. The van der Waals surface area contributed by atoms with Crippen LogP contribution in [0.3, 0.4) is 0 Å². The molecule has 4 heterocycles. The summed E-state index contributed by atoms with van der Waals surface area (Å²) in [5.74, 6) is -0.247. The number of benzene rings is 1. The summed E-state index contributed by atoms with van der Waals surface area (Å²) >= 11 is 0. The lowest BCUT2D eigenvalue weighted by molar-refractivity contribution is 0.205. The fraction of sp³-hybridized carbons (Fsp3) is 0.280. The van der Waals surface area contributed by atoms with Gasteiger partial charge in [-0.25, -0.2) is 9.37 Å². The van der Waals surface area contributed by atoms with Gasteiger partial charge >= 0.3 is 0 Å². The summed E-state index contributed by atoms with van der Waals surface area (Å²) in [5, 5.41) is 3.30. The first kappa shape index (κ1) is 21.2. The number of fused-ring (bicyclic) bond motifs is 1. The number of likely N-dealkylation sites (N-methyl/N-ethyl adjacent to an activating group) is 1. The highest BCUT2D eigenvalue weighted by Gasteiger charge is 2.28. The van der Waals surface area contributed by atoms with Crippen LogP contribution in [0, 0.1) is 5.82 Å². The van der Waals surface area contributed by atoms with Crippen LogP contribution in [-0.4, -0.2) is 51.5 Å². The van der Waals surface area contributed by atoms with Crippen molar-refractivity contribution in [2.24, 2.45) is 0 Å². The molecule has 1 fully saturated rings. The predicted molar refractivity (Wildman–Crippen MR) is 130 cm³/mol. The summed E-state index contributed by atoms with van der Waals surface area (Å²) in [6.45, 7) is 5.99. The number of halogens is 1. The van der Waals surface area contributed by atoms with Gasteiger partial charge in [0.25, 0.3) is 0 Å². The molecule has 8 heteroatoms. The molecule has 1 unspecified atom stereocenters. The van der Waals surface area contributed by atoms with Gasteiger partial charge in [0, 0.05) is 61.1 Å². The minimum atomic E-state index is -0.247. The Hall–Kier alpha value is -3.65. The number of aromatic nitrogens is 3. The fourth-order valence-electron chi connectivity index (χ4n) is 4.56. The Morgan fingerprint density at radius 3 is 2.73 bits per heavy atom. The Kier molecular flexibility index (Phi) is 5.38. The van der Waals surface area contributed by atoms with E-state index in [1.165, 1.54) is 6.07 Å². The summed E-state index contributed by atoms with van der Waals surface area (Å²) in [6.07, 6.45) is 5.17. The molecule has 1 saturated heterocycles. The Labute approximate surface area is 191 Å². The lowest BCUT2D eigenvalue weighted by Crippen LogP contribution is -2.55. The Balaban J connectivity index is 1.44. The Morgan fingerprint density at radius 1 is 1.09 bits per heavy atom. The molecule has 3 aromatic heterocycles. The lowest BCUT2D eigenvalue weighted by Gasteiger charge is -2.43. The molecule has 170 valence electrons. The van der Waals surface area contributed by atoms with Crippen LogP contribution in [0.5, 0.6) is 0 Å². The quantitative estimate of drug-likeness (QED) is 0.494. The number of hydrogen-bond acceptors (Lipinski definition) is 5. The van der Waals surface area contributed by atoms with Crippen LogP contribution < -0.4 is 15.8 Å². The molecular formula is C25H27FN6O. The van der Waals surface area contributed by atoms with Gasteiger partial charge in [-0.15, -0.1) is 0 Å². The number of nitrogens with zero attached hydrogens (tertiary/aromatic N) is 4. The Morgan fingerprint density at radius 2 is 1.94 bits per heavy atom. The maximum Gasteiger partial charge on any atom is 0.248 e. The highest BCUT2D eigenvalue weighted by molar-refractivity contribution is 5.78. The molecule has 2 N–H and O–H groups in total. The van der Waals surface area contributed by atoms with Gasteiger partial charge in [0.2, 0.25) is 5.56 Å². The first-order valence-electron chi connectivity index (χ1n) is 11.1. The van der Waals surface area contributed by atoms with Crippen molar-refractivity contribution in [3.8, 4) is 11.3 Å². The van der Waals surface area contributed by atoms with Gasteiger partial charge in [-0.2, -0.15) is 0 Å². The van der Waals surface area contributed by atoms with Crippen LogP contribution in [0.25, 0.3) is 16.9 Å². The molecular weight excluding hydrogens is 419 g/mol. The third-order valence-electron chi connectivity index (χ3n) is 6.45. The normalized spacial score (nSPS) is 19.2. The van der Waals surface area contributed by atoms with Crippen molar-refractivity contribution < 1.29 is 4.39 Å². The number of aromatic amines is 1. The molecule has 4 aromatic rings. The number of piperazine rings is 1. The lowest BCUT2D eigenvalue weighted by atomic mass is 10.1. The maximum absolute atomic E-state index is 15.2. The second-order valence-electron chi connectivity index (χ2n) is 8.78. The highest BCUT2D eigenvalue weighted by Crippen LogP contribution is 2.31. The summed E-state index contributed by atoms with van der Waals surface area (Å²) in [7, 11) is 2.11. The van der Waals surface area contributed by atoms with Gasteiger partial charge in [0.05, 0.1) is 17.1 Å². The van der Waals surface area contributed by atoms with Gasteiger partial charge in [-0.1, -0.05) is 0 Å². The number of imidazole rings is 1.